The van der Waals surface area contributed by atoms with Crippen molar-refractivity contribution in [3.63, 3.8) is 0 Å². The van der Waals surface area contributed by atoms with Gasteiger partial charge < -0.3 is 10.5 Å². The van der Waals surface area contributed by atoms with Crippen molar-refractivity contribution in [3.8, 4) is 0 Å². The first-order chi connectivity index (χ1) is 5.50. The molecule has 1 aliphatic carbocycles. The van der Waals surface area contributed by atoms with Crippen molar-refractivity contribution in [1.29, 1.82) is 0 Å². The first-order valence-corrected chi connectivity index (χ1v) is 4.87. The summed E-state index contributed by atoms with van der Waals surface area (Å²) in [5, 5.41) is 0. The molecule has 0 aliphatic heterocycles. The van der Waals surface area contributed by atoms with Crippen LogP contribution in [-0.2, 0) is 4.74 Å². The Morgan fingerprint density at radius 2 is 2.17 bits per heavy atom. The predicted molar refractivity (Wildman–Crippen MR) is 51.0 cm³/mol. The molecular formula is C10H21NO. The Kier molecular flexibility index (Phi) is 2.79. The smallest absolute Gasteiger partial charge is 0.0632 e. The summed E-state index contributed by atoms with van der Waals surface area (Å²) in [5.74, 6) is 0.633. The van der Waals surface area contributed by atoms with E-state index in [4.69, 9.17) is 10.5 Å². The van der Waals surface area contributed by atoms with Crippen molar-refractivity contribution >= 4 is 0 Å². The van der Waals surface area contributed by atoms with Crippen LogP contribution in [0.2, 0.25) is 0 Å². The van der Waals surface area contributed by atoms with Crippen molar-refractivity contribution in [3.05, 3.63) is 0 Å². The number of rotatable bonds is 3. The van der Waals surface area contributed by atoms with E-state index in [1.54, 1.807) is 0 Å². The number of ether oxygens (including phenoxy) is 1. The lowest BCUT2D eigenvalue weighted by Crippen LogP contribution is -2.56. The molecule has 3 atom stereocenters. The van der Waals surface area contributed by atoms with Crippen LogP contribution in [0.5, 0.6) is 0 Å². The van der Waals surface area contributed by atoms with E-state index in [9.17, 15) is 0 Å². The first-order valence-electron chi connectivity index (χ1n) is 4.87. The van der Waals surface area contributed by atoms with Gasteiger partial charge in [0.1, 0.15) is 0 Å². The van der Waals surface area contributed by atoms with E-state index >= 15 is 0 Å². The Balaban J connectivity index is 2.48. The van der Waals surface area contributed by atoms with Gasteiger partial charge in [0, 0.05) is 12.6 Å². The normalized spacial score (nSPS) is 35.8. The molecule has 1 aliphatic rings. The molecule has 0 radical (unpaired) electrons. The van der Waals surface area contributed by atoms with E-state index in [1.807, 2.05) is 0 Å². The molecule has 0 saturated heterocycles. The van der Waals surface area contributed by atoms with Gasteiger partial charge in [-0.1, -0.05) is 13.8 Å². The Bertz CT molecular complexity index is 154. The quantitative estimate of drug-likeness (QED) is 0.702. The largest absolute Gasteiger partial charge is 0.378 e. The molecule has 0 aromatic heterocycles. The van der Waals surface area contributed by atoms with Crippen molar-refractivity contribution < 1.29 is 4.74 Å². The summed E-state index contributed by atoms with van der Waals surface area (Å²) >= 11 is 0. The highest BCUT2D eigenvalue weighted by Gasteiger charge is 2.49. The molecular weight excluding hydrogens is 150 g/mol. The van der Waals surface area contributed by atoms with Crippen LogP contribution in [-0.4, -0.2) is 18.8 Å². The van der Waals surface area contributed by atoms with E-state index < -0.39 is 0 Å². The summed E-state index contributed by atoms with van der Waals surface area (Å²) < 4.78 is 5.62. The molecule has 0 amide bonds. The Morgan fingerprint density at radius 3 is 2.50 bits per heavy atom. The van der Waals surface area contributed by atoms with Crippen LogP contribution in [0.1, 0.15) is 34.1 Å². The van der Waals surface area contributed by atoms with E-state index in [0.29, 0.717) is 18.1 Å². The average molecular weight is 171 g/mol. The summed E-state index contributed by atoms with van der Waals surface area (Å²) in [6.07, 6.45) is 1.57. The van der Waals surface area contributed by atoms with Gasteiger partial charge in [-0.2, -0.15) is 0 Å². The molecule has 0 aromatic carbocycles. The number of hydrogen-bond donors (Lipinski definition) is 1. The molecule has 2 N–H and O–H groups in total. The maximum Gasteiger partial charge on any atom is 0.0632 e. The zero-order chi connectivity index (χ0) is 9.35. The highest BCUT2D eigenvalue weighted by atomic mass is 16.5. The molecule has 72 valence electrons. The second kappa shape index (κ2) is 3.35. The monoisotopic (exact) mass is 171 g/mol. The molecule has 1 rings (SSSR count). The molecule has 0 heterocycles. The van der Waals surface area contributed by atoms with Gasteiger partial charge in [-0.25, -0.2) is 0 Å². The highest BCUT2D eigenvalue weighted by molar-refractivity contribution is 5.00. The molecule has 0 bridgehead atoms. The Labute approximate surface area is 75.5 Å². The van der Waals surface area contributed by atoms with E-state index in [0.717, 1.165) is 13.0 Å². The average Bonchev–Trinajstić information content (AvgIpc) is 1.96. The van der Waals surface area contributed by atoms with E-state index in [-0.39, 0.29) is 5.41 Å². The summed E-state index contributed by atoms with van der Waals surface area (Å²) in [5.41, 5.74) is 6.16. The van der Waals surface area contributed by atoms with Gasteiger partial charge in [0.25, 0.3) is 0 Å². The topological polar surface area (TPSA) is 35.2 Å². The minimum Gasteiger partial charge on any atom is -0.378 e. The molecule has 1 saturated carbocycles. The fourth-order valence-corrected chi connectivity index (χ4v) is 2.29. The Hall–Kier alpha value is -0.0800. The van der Waals surface area contributed by atoms with Gasteiger partial charge in [-0.05, 0) is 31.6 Å². The zero-order valence-electron chi connectivity index (χ0n) is 8.63. The van der Waals surface area contributed by atoms with Gasteiger partial charge in [0.05, 0.1) is 6.10 Å². The molecule has 0 spiro atoms. The third-order valence-electron chi connectivity index (χ3n) is 3.26. The van der Waals surface area contributed by atoms with Crippen LogP contribution in [0.3, 0.4) is 0 Å². The summed E-state index contributed by atoms with van der Waals surface area (Å²) in [6, 6.07) is 0.303. The molecule has 1 fully saturated rings. The molecule has 3 unspecified atom stereocenters. The van der Waals surface area contributed by atoms with Gasteiger partial charge in [0.15, 0.2) is 0 Å². The standard InChI is InChI=1S/C10H21NO/c1-5-12-9-6-8(7(2)11)10(9,3)4/h7-9H,5-6,11H2,1-4H3. The maximum absolute atomic E-state index is 5.88. The molecule has 12 heavy (non-hydrogen) atoms. The summed E-state index contributed by atoms with van der Waals surface area (Å²) in [4.78, 5) is 0. The maximum atomic E-state index is 5.88. The van der Waals surface area contributed by atoms with Crippen molar-refractivity contribution in [1.82, 2.24) is 0 Å². The van der Waals surface area contributed by atoms with E-state index in [2.05, 4.69) is 27.7 Å². The van der Waals surface area contributed by atoms with Gasteiger partial charge in [-0.3, -0.25) is 0 Å². The Morgan fingerprint density at radius 1 is 1.58 bits per heavy atom. The third kappa shape index (κ3) is 1.50. The van der Waals surface area contributed by atoms with Crippen LogP contribution in [0.25, 0.3) is 0 Å². The van der Waals surface area contributed by atoms with Crippen LogP contribution < -0.4 is 5.73 Å². The fourth-order valence-electron chi connectivity index (χ4n) is 2.29. The predicted octanol–water partition coefficient (Wildman–Crippen LogP) is 1.78. The zero-order valence-corrected chi connectivity index (χ0v) is 8.63. The van der Waals surface area contributed by atoms with Crippen LogP contribution in [0, 0.1) is 11.3 Å². The minimum atomic E-state index is 0.282. The summed E-state index contributed by atoms with van der Waals surface area (Å²) in [7, 11) is 0. The van der Waals surface area contributed by atoms with Crippen LogP contribution >= 0.6 is 0 Å². The molecule has 2 heteroatoms. The lowest BCUT2D eigenvalue weighted by Gasteiger charge is -2.53. The van der Waals surface area contributed by atoms with Gasteiger partial charge in [0.2, 0.25) is 0 Å². The lowest BCUT2D eigenvalue weighted by atomic mass is 9.58. The van der Waals surface area contributed by atoms with Crippen LogP contribution in [0.4, 0.5) is 0 Å². The SMILES string of the molecule is CCOC1CC(C(C)N)C1(C)C. The second-order valence-electron chi connectivity index (χ2n) is 4.47. The molecule has 0 aromatic rings. The van der Waals surface area contributed by atoms with Gasteiger partial charge >= 0.3 is 0 Å². The number of hydrogen-bond acceptors (Lipinski definition) is 2. The lowest BCUT2D eigenvalue weighted by molar-refractivity contribution is -0.140. The van der Waals surface area contributed by atoms with Gasteiger partial charge in [-0.15, -0.1) is 0 Å². The number of nitrogens with two attached hydrogens (primary N) is 1. The van der Waals surface area contributed by atoms with Crippen LogP contribution in [0.15, 0.2) is 0 Å². The van der Waals surface area contributed by atoms with Crippen molar-refractivity contribution in [2.75, 3.05) is 6.61 Å². The third-order valence-corrected chi connectivity index (χ3v) is 3.26. The minimum absolute atomic E-state index is 0.282. The van der Waals surface area contributed by atoms with Crippen molar-refractivity contribution in [2.24, 2.45) is 17.1 Å². The second-order valence-corrected chi connectivity index (χ2v) is 4.47. The molecule has 2 nitrogen and oxygen atoms in total. The first kappa shape index (κ1) is 10.0. The fraction of sp³-hybridized carbons (Fsp3) is 1.00. The highest BCUT2D eigenvalue weighted by Crippen LogP contribution is 2.49. The van der Waals surface area contributed by atoms with Crippen molar-refractivity contribution in [2.45, 2.75) is 46.3 Å². The summed E-state index contributed by atoms with van der Waals surface area (Å²) in [6.45, 7) is 9.47. The van der Waals surface area contributed by atoms with E-state index in [1.165, 1.54) is 0 Å².